The Labute approximate surface area is 178 Å². The van der Waals surface area contributed by atoms with Crippen LogP contribution < -0.4 is 16.0 Å². The summed E-state index contributed by atoms with van der Waals surface area (Å²) in [4.78, 5) is 16.0. The predicted molar refractivity (Wildman–Crippen MR) is 111 cm³/mol. The van der Waals surface area contributed by atoms with Gasteiger partial charge in [0.2, 0.25) is 0 Å². The third-order valence-electron chi connectivity index (χ3n) is 3.47. The van der Waals surface area contributed by atoms with Crippen molar-refractivity contribution in [3.8, 4) is 0 Å². The molecule has 0 saturated carbocycles. The van der Waals surface area contributed by atoms with Gasteiger partial charge in [0.25, 0.3) is 5.91 Å². The monoisotopic (exact) mass is 510 g/mol. The van der Waals surface area contributed by atoms with Crippen molar-refractivity contribution in [2.24, 2.45) is 4.99 Å². The number of hydrogen-bond donors (Lipinski definition) is 3. The first-order valence-corrected chi connectivity index (χ1v) is 8.40. The van der Waals surface area contributed by atoms with E-state index < -0.39 is 11.7 Å². The number of furan rings is 1. The smallest absolute Gasteiger partial charge is 0.416 e. The van der Waals surface area contributed by atoms with E-state index >= 15 is 0 Å². The van der Waals surface area contributed by atoms with Crippen LogP contribution in [0.4, 0.5) is 13.2 Å². The van der Waals surface area contributed by atoms with Gasteiger partial charge in [-0.2, -0.15) is 13.2 Å². The second kappa shape index (κ2) is 11.6. The highest BCUT2D eigenvalue weighted by molar-refractivity contribution is 14.0. The standard InChI is InChI=1S/C18H21F3N4O2.HI/c1-2-22-17(24-9-8-23-16(26)15-7-4-10-27-15)25-12-13-5-3-6-14(11-13)18(19,20)21;/h3-7,10-11H,2,8-9,12H2,1H3,(H,23,26)(H2,22,24,25);1H. The van der Waals surface area contributed by atoms with Gasteiger partial charge in [0, 0.05) is 19.6 Å². The molecule has 28 heavy (non-hydrogen) atoms. The van der Waals surface area contributed by atoms with Crippen LogP contribution >= 0.6 is 24.0 Å². The third-order valence-corrected chi connectivity index (χ3v) is 3.47. The molecule has 1 heterocycles. The minimum absolute atomic E-state index is 0. The third kappa shape index (κ3) is 7.79. The number of aliphatic imine (C=N–C) groups is 1. The molecular weight excluding hydrogens is 488 g/mol. The van der Waals surface area contributed by atoms with Crippen molar-refractivity contribution >= 4 is 35.8 Å². The van der Waals surface area contributed by atoms with Crippen LogP contribution in [-0.2, 0) is 12.7 Å². The van der Waals surface area contributed by atoms with Gasteiger partial charge in [0.1, 0.15) is 0 Å². The summed E-state index contributed by atoms with van der Waals surface area (Å²) in [7, 11) is 0. The fraction of sp³-hybridized carbons (Fsp3) is 0.333. The Kier molecular flexibility index (Phi) is 9.83. The van der Waals surface area contributed by atoms with Gasteiger partial charge >= 0.3 is 6.18 Å². The Morgan fingerprint density at radius 2 is 1.86 bits per heavy atom. The molecule has 0 aliphatic heterocycles. The quantitative estimate of drug-likeness (QED) is 0.231. The van der Waals surface area contributed by atoms with Gasteiger partial charge in [-0.25, -0.2) is 4.99 Å². The summed E-state index contributed by atoms with van der Waals surface area (Å²) in [5, 5.41) is 8.68. The van der Waals surface area contributed by atoms with E-state index in [2.05, 4.69) is 20.9 Å². The number of hydrogen-bond acceptors (Lipinski definition) is 3. The second-order valence-corrected chi connectivity index (χ2v) is 5.55. The van der Waals surface area contributed by atoms with Crippen LogP contribution in [-0.4, -0.2) is 31.5 Å². The van der Waals surface area contributed by atoms with Crippen LogP contribution in [0.25, 0.3) is 0 Å². The highest BCUT2D eigenvalue weighted by Crippen LogP contribution is 2.29. The molecule has 6 nitrogen and oxygen atoms in total. The topological polar surface area (TPSA) is 78.7 Å². The lowest BCUT2D eigenvalue weighted by Gasteiger charge is -2.12. The molecule has 0 unspecified atom stereocenters. The molecule has 1 aromatic carbocycles. The van der Waals surface area contributed by atoms with E-state index in [9.17, 15) is 18.0 Å². The fourth-order valence-electron chi connectivity index (χ4n) is 2.21. The normalized spacial score (nSPS) is 11.5. The van der Waals surface area contributed by atoms with Crippen molar-refractivity contribution in [1.29, 1.82) is 0 Å². The van der Waals surface area contributed by atoms with Gasteiger partial charge in [-0.1, -0.05) is 12.1 Å². The number of guanidine groups is 1. The number of rotatable bonds is 7. The average molecular weight is 510 g/mol. The Morgan fingerprint density at radius 3 is 2.50 bits per heavy atom. The maximum atomic E-state index is 12.8. The predicted octanol–water partition coefficient (Wildman–Crippen LogP) is 3.40. The van der Waals surface area contributed by atoms with E-state index in [0.717, 1.165) is 12.1 Å². The van der Waals surface area contributed by atoms with Gasteiger partial charge in [0.15, 0.2) is 11.7 Å². The van der Waals surface area contributed by atoms with E-state index in [4.69, 9.17) is 4.42 Å². The molecule has 0 spiro atoms. The molecule has 1 amide bonds. The number of nitrogens with zero attached hydrogens (tertiary/aromatic N) is 1. The van der Waals surface area contributed by atoms with Gasteiger partial charge in [-0.05, 0) is 36.8 Å². The maximum absolute atomic E-state index is 12.8. The first-order chi connectivity index (χ1) is 12.9. The zero-order valence-electron chi connectivity index (χ0n) is 15.2. The molecule has 2 aromatic rings. The van der Waals surface area contributed by atoms with Gasteiger partial charge in [-0.3, -0.25) is 4.79 Å². The highest BCUT2D eigenvalue weighted by atomic mass is 127. The molecule has 1 aromatic heterocycles. The summed E-state index contributed by atoms with van der Waals surface area (Å²) in [6.07, 6.45) is -2.97. The van der Waals surface area contributed by atoms with Crippen molar-refractivity contribution in [3.05, 3.63) is 59.5 Å². The van der Waals surface area contributed by atoms with Crippen LogP contribution in [0.5, 0.6) is 0 Å². The minimum atomic E-state index is -4.38. The number of halogens is 4. The number of amides is 1. The summed E-state index contributed by atoms with van der Waals surface area (Å²) in [5.41, 5.74) is -0.248. The second-order valence-electron chi connectivity index (χ2n) is 5.55. The number of carbonyl (C=O) groups excluding carboxylic acids is 1. The lowest BCUT2D eigenvalue weighted by Crippen LogP contribution is -2.41. The Balaban J connectivity index is 0.00000392. The van der Waals surface area contributed by atoms with Crippen LogP contribution in [0.1, 0.15) is 28.6 Å². The molecular formula is C18H22F3IN4O2. The molecule has 2 rings (SSSR count). The van der Waals surface area contributed by atoms with Gasteiger partial charge in [-0.15, -0.1) is 24.0 Å². The van der Waals surface area contributed by atoms with Crippen molar-refractivity contribution in [2.75, 3.05) is 19.6 Å². The average Bonchev–Trinajstić information content (AvgIpc) is 3.17. The molecule has 0 aliphatic rings. The summed E-state index contributed by atoms with van der Waals surface area (Å²) in [6.45, 7) is 3.28. The van der Waals surface area contributed by atoms with Crippen molar-refractivity contribution in [3.63, 3.8) is 0 Å². The minimum Gasteiger partial charge on any atom is -0.459 e. The SMILES string of the molecule is CCNC(=NCc1cccc(C(F)(F)F)c1)NCCNC(=O)c1ccco1.I. The van der Waals surface area contributed by atoms with Crippen molar-refractivity contribution < 1.29 is 22.4 Å². The zero-order valence-corrected chi connectivity index (χ0v) is 17.5. The lowest BCUT2D eigenvalue weighted by molar-refractivity contribution is -0.137. The van der Waals surface area contributed by atoms with Crippen LogP contribution in [0, 0.1) is 0 Å². The van der Waals surface area contributed by atoms with Crippen LogP contribution in [0.2, 0.25) is 0 Å². The largest absolute Gasteiger partial charge is 0.459 e. The summed E-state index contributed by atoms with van der Waals surface area (Å²) in [6, 6.07) is 8.24. The Morgan fingerprint density at radius 1 is 1.11 bits per heavy atom. The number of carbonyl (C=O) groups is 1. The molecule has 154 valence electrons. The van der Waals surface area contributed by atoms with E-state index in [1.807, 2.05) is 6.92 Å². The van der Waals surface area contributed by atoms with Crippen molar-refractivity contribution in [1.82, 2.24) is 16.0 Å². The molecule has 0 atom stereocenters. The number of alkyl halides is 3. The lowest BCUT2D eigenvalue weighted by atomic mass is 10.1. The van der Waals surface area contributed by atoms with Crippen LogP contribution in [0.15, 0.2) is 52.1 Å². The fourth-order valence-corrected chi connectivity index (χ4v) is 2.21. The highest BCUT2D eigenvalue weighted by Gasteiger charge is 2.30. The zero-order chi connectivity index (χ0) is 19.7. The Bertz CT molecular complexity index is 764. The first kappa shape index (κ1) is 23.8. The van der Waals surface area contributed by atoms with E-state index in [1.54, 1.807) is 18.2 Å². The van der Waals surface area contributed by atoms with Gasteiger partial charge < -0.3 is 20.4 Å². The van der Waals surface area contributed by atoms with E-state index in [0.29, 0.717) is 31.2 Å². The van der Waals surface area contributed by atoms with E-state index in [1.165, 1.54) is 12.3 Å². The molecule has 3 N–H and O–H groups in total. The molecule has 0 fully saturated rings. The summed E-state index contributed by atoms with van der Waals surface area (Å²) < 4.78 is 43.3. The molecule has 0 aliphatic carbocycles. The molecule has 10 heteroatoms. The first-order valence-electron chi connectivity index (χ1n) is 8.40. The molecule has 0 saturated heterocycles. The molecule has 0 radical (unpaired) electrons. The van der Waals surface area contributed by atoms with Gasteiger partial charge in [0.05, 0.1) is 18.4 Å². The van der Waals surface area contributed by atoms with Crippen molar-refractivity contribution in [2.45, 2.75) is 19.6 Å². The number of benzene rings is 1. The maximum Gasteiger partial charge on any atom is 0.416 e. The Hall–Kier alpha value is -2.24. The van der Waals surface area contributed by atoms with Crippen LogP contribution in [0.3, 0.4) is 0 Å². The number of nitrogens with one attached hydrogen (secondary N) is 3. The molecule has 0 bridgehead atoms. The summed E-state index contributed by atoms with van der Waals surface area (Å²) >= 11 is 0. The summed E-state index contributed by atoms with van der Waals surface area (Å²) in [5.74, 6) is 0.343. The van der Waals surface area contributed by atoms with E-state index in [-0.39, 0.29) is 42.2 Å².